The molecule has 0 spiro atoms. The van der Waals surface area contributed by atoms with Crippen molar-refractivity contribution in [3.05, 3.63) is 71.6 Å². The lowest BCUT2D eigenvalue weighted by atomic mass is 9.84. The van der Waals surface area contributed by atoms with E-state index in [2.05, 4.69) is 43.7 Å². The number of hydrogen-bond acceptors (Lipinski definition) is 4. The number of aromatic nitrogens is 2. The standard InChI is InChI=1S/C29H35FN2O2/c1-6-24(19-7-8-19)28-14-21(31-18-32-28)17-34-23-9-11-25(20(13-23)16-29(2,3)4)26-15-22(33-5)10-12-27(26)30/h9-15,18-19,24H,6-8,16-17H2,1-5H3. The first-order valence-electron chi connectivity index (χ1n) is 12.2. The minimum absolute atomic E-state index is 0.0300. The van der Waals surface area contributed by atoms with E-state index in [1.165, 1.54) is 18.9 Å². The molecule has 0 N–H and O–H groups in total. The van der Waals surface area contributed by atoms with E-state index in [0.29, 0.717) is 23.8 Å². The van der Waals surface area contributed by atoms with Gasteiger partial charge in [0.1, 0.15) is 30.3 Å². The summed E-state index contributed by atoms with van der Waals surface area (Å²) in [4.78, 5) is 8.97. The van der Waals surface area contributed by atoms with Crippen LogP contribution < -0.4 is 9.47 Å². The first-order valence-corrected chi connectivity index (χ1v) is 12.2. The monoisotopic (exact) mass is 462 g/mol. The van der Waals surface area contributed by atoms with Crippen LogP contribution in [0.4, 0.5) is 4.39 Å². The Morgan fingerprint density at radius 1 is 1.00 bits per heavy atom. The van der Waals surface area contributed by atoms with Crippen LogP contribution in [-0.4, -0.2) is 17.1 Å². The van der Waals surface area contributed by atoms with Crippen LogP contribution in [0.5, 0.6) is 11.5 Å². The fourth-order valence-corrected chi connectivity index (χ4v) is 4.61. The van der Waals surface area contributed by atoms with Crippen LogP contribution in [0.2, 0.25) is 0 Å². The highest BCUT2D eigenvalue weighted by atomic mass is 19.1. The number of benzene rings is 2. The molecule has 1 aliphatic carbocycles. The molecule has 34 heavy (non-hydrogen) atoms. The highest BCUT2D eigenvalue weighted by Gasteiger charge is 2.32. The van der Waals surface area contributed by atoms with Gasteiger partial charge in [-0.15, -0.1) is 0 Å². The molecule has 0 bridgehead atoms. The van der Waals surface area contributed by atoms with Crippen LogP contribution in [0.15, 0.2) is 48.8 Å². The average molecular weight is 463 g/mol. The SMILES string of the molecule is CCC(c1cc(COc2ccc(-c3cc(OC)ccc3F)c(CC(C)(C)C)c2)ncn1)C1CC1. The summed E-state index contributed by atoms with van der Waals surface area (Å²) in [5.74, 6) is 2.39. The zero-order valence-corrected chi connectivity index (χ0v) is 20.9. The molecule has 180 valence electrons. The van der Waals surface area contributed by atoms with Crippen LogP contribution in [-0.2, 0) is 13.0 Å². The Morgan fingerprint density at radius 2 is 1.76 bits per heavy atom. The molecule has 1 fully saturated rings. The van der Waals surface area contributed by atoms with Crippen molar-refractivity contribution < 1.29 is 13.9 Å². The third-order valence-corrected chi connectivity index (χ3v) is 6.40. The summed E-state index contributed by atoms with van der Waals surface area (Å²) < 4.78 is 26.2. The molecular weight excluding hydrogens is 427 g/mol. The van der Waals surface area contributed by atoms with Gasteiger partial charge in [-0.25, -0.2) is 14.4 Å². The summed E-state index contributed by atoms with van der Waals surface area (Å²) in [6.45, 7) is 9.14. The number of rotatable bonds is 9. The number of methoxy groups -OCH3 is 1. The third-order valence-electron chi connectivity index (χ3n) is 6.40. The zero-order valence-electron chi connectivity index (χ0n) is 20.9. The Bertz CT molecular complexity index is 1140. The van der Waals surface area contributed by atoms with Gasteiger partial charge in [0.05, 0.1) is 12.8 Å². The lowest BCUT2D eigenvalue weighted by Crippen LogP contribution is -2.11. The van der Waals surface area contributed by atoms with Gasteiger partial charge in [-0.1, -0.05) is 33.8 Å². The van der Waals surface area contributed by atoms with Gasteiger partial charge in [-0.2, -0.15) is 0 Å². The van der Waals surface area contributed by atoms with E-state index in [1.807, 2.05) is 18.2 Å². The zero-order chi connectivity index (χ0) is 24.3. The van der Waals surface area contributed by atoms with E-state index in [-0.39, 0.29) is 11.2 Å². The maximum atomic E-state index is 14.8. The first kappa shape index (κ1) is 24.2. The maximum Gasteiger partial charge on any atom is 0.131 e. The summed E-state index contributed by atoms with van der Waals surface area (Å²) in [6.07, 6.45) is 6.13. The van der Waals surface area contributed by atoms with E-state index >= 15 is 0 Å². The highest BCUT2D eigenvalue weighted by Crippen LogP contribution is 2.43. The number of nitrogens with zero attached hydrogens (tertiary/aromatic N) is 2. The molecule has 0 saturated heterocycles. The summed E-state index contributed by atoms with van der Waals surface area (Å²) in [7, 11) is 1.59. The van der Waals surface area contributed by atoms with Crippen LogP contribution >= 0.6 is 0 Å². The van der Waals surface area contributed by atoms with Crippen molar-refractivity contribution in [1.29, 1.82) is 0 Å². The average Bonchev–Trinajstić information content (AvgIpc) is 3.63. The summed E-state index contributed by atoms with van der Waals surface area (Å²) in [6, 6.07) is 12.8. The Labute approximate surface area is 202 Å². The molecule has 1 aromatic heterocycles. The lowest BCUT2D eigenvalue weighted by Gasteiger charge is -2.22. The predicted octanol–water partition coefficient (Wildman–Crippen LogP) is 7.36. The van der Waals surface area contributed by atoms with Crippen molar-refractivity contribution in [2.75, 3.05) is 7.11 Å². The molecule has 3 aromatic rings. The predicted molar refractivity (Wildman–Crippen MR) is 134 cm³/mol. The molecule has 1 heterocycles. The van der Waals surface area contributed by atoms with E-state index in [4.69, 9.17) is 9.47 Å². The van der Waals surface area contributed by atoms with Gasteiger partial charge in [0.15, 0.2) is 0 Å². The Hall–Kier alpha value is -2.95. The minimum atomic E-state index is -0.265. The fourth-order valence-electron chi connectivity index (χ4n) is 4.61. The van der Waals surface area contributed by atoms with Gasteiger partial charge in [0, 0.05) is 17.2 Å². The molecule has 0 amide bonds. The molecule has 4 rings (SSSR count). The molecule has 1 saturated carbocycles. The summed E-state index contributed by atoms with van der Waals surface area (Å²) in [5, 5.41) is 0. The Morgan fingerprint density at radius 3 is 2.44 bits per heavy atom. The molecule has 1 unspecified atom stereocenters. The van der Waals surface area contributed by atoms with E-state index in [1.54, 1.807) is 25.6 Å². The second-order valence-corrected chi connectivity index (χ2v) is 10.5. The van der Waals surface area contributed by atoms with Gasteiger partial charge >= 0.3 is 0 Å². The summed E-state index contributed by atoms with van der Waals surface area (Å²) >= 11 is 0. The molecule has 0 aliphatic heterocycles. The fraction of sp³-hybridized carbons (Fsp3) is 0.448. The second-order valence-electron chi connectivity index (χ2n) is 10.5. The van der Waals surface area contributed by atoms with Crippen LogP contribution in [0.3, 0.4) is 0 Å². The van der Waals surface area contributed by atoms with Crippen molar-refractivity contribution in [3.63, 3.8) is 0 Å². The van der Waals surface area contributed by atoms with E-state index in [0.717, 1.165) is 47.0 Å². The second kappa shape index (κ2) is 10.1. The van der Waals surface area contributed by atoms with E-state index < -0.39 is 0 Å². The first-order chi connectivity index (χ1) is 16.3. The third kappa shape index (κ3) is 5.94. The van der Waals surface area contributed by atoms with Crippen LogP contribution in [0, 0.1) is 17.2 Å². The van der Waals surface area contributed by atoms with Gasteiger partial charge in [0.25, 0.3) is 0 Å². The van der Waals surface area contributed by atoms with Crippen molar-refractivity contribution in [2.45, 2.75) is 65.9 Å². The molecule has 0 radical (unpaired) electrons. The van der Waals surface area contributed by atoms with Crippen molar-refractivity contribution >= 4 is 0 Å². The molecule has 2 aromatic carbocycles. The molecular formula is C29H35FN2O2. The van der Waals surface area contributed by atoms with Crippen molar-refractivity contribution in [2.24, 2.45) is 11.3 Å². The molecule has 5 heteroatoms. The van der Waals surface area contributed by atoms with Gasteiger partial charge in [-0.3, -0.25) is 0 Å². The van der Waals surface area contributed by atoms with Crippen LogP contribution in [0.25, 0.3) is 11.1 Å². The Kier molecular flexibility index (Phi) is 7.20. The Balaban J connectivity index is 1.58. The number of hydrogen-bond donors (Lipinski definition) is 0. The number of halogens is 1. The smallest absolute Gasteiger partial charge is 0.131 e. The normalized spacial score (nSPS) is 14.6. The van der Waals surface area contributed by atoms with Gasteiger partial charge in [-0.05, 0) is 84.5 Å². The van der Waals surface area contributed by atoms with Crippen molar-refractivity contribution in [3.8, 4) is 22.6 Å². The van der Waals surface area contributed by atoms with Gasteiger partial charge in [0.2, 0.25) is 0 Å². The number of ether oxygens (including phenoxy) is 2. The maximum absolute atomic E-state index is 14.8. The van der Waals surface area contributed by atoms with E-state index in [9.17, 15) is 4.39 Å². The molecule has 1 aliphatic rings. The highest BCUT2D eigenvalue weighted by molar-refractivity contribution is 5.70. The molecule has 4 nitrogen and oxygen atoms in total. The minimum Gasteiger partial charge on any atom is -0.497 e. The summed E-state index contributed by atoms with van der Waals surface area (Å²) in [5.41, 5.74) is 4.47. The van der Waals surface area contributed by atoms with Crippen molar-refractivity contribution in [1.82, 2.24) is 9.97 Å². The topological polar surface area (TPSA) is 44.2 Å². The van der Waals surface area contributed by atoms with Gasteiger partial charge < -0.3 is 9.47 Å². The quantitative estimate of drug-likeness (QED) is 0.333. The van der Waals surface area contributed by atoms with Crippen LogP contribution in [0.1, 0.15) is 69.8 Å². The largest absolute Gasteiger partial charge is 0.497 e. The molecule has 1 atom stereocenters. The lowest BCUT2D eigenvalue weighted by molar-refractivity contribution is 0.300.